The van der Waals surface area contributed by atoms with Crippen LogP contribution in [0.2, 0.25) is 0 Å². The molecular weight excluding hydrogens is 208 g/mol. The van der Waals surface area contributed by atoms with Crippen molar-refractivity contribution in [2.24, 2.45) is 11.8 Å². The van der Waals surface area contributed by atoms with Gasteiger partial charge in [-0.25, -0.2) is 0 Å². The van der Waals surface area contributed by atoms with Crippen LogP contribution in [0.5, 0.6) is 0 Å². The second-order valence-electron chi connectivity index (χ2n) is 5.76. The van der Waals surface area contributed by atoms with Crippen molar-refractivity contribution < 1.29 is 0 Å². The highest BCUT2D eigenvalue weighted by Gasteiger charge is 2.17. The van der Waals surface area contributed by atoms with E-state index in [2.05, 4.69) is 31.0 Å². The maximum Gasteiger partial charge on any atom is 0.0107 e. The van der Waals surface area contributed by atoms with Gasteiger partial charge in [0.1, 0.15) is 0 Å². The van der Waals surface area contributed by atoms with Gasteiger partial charge in [0, 0.05) is 13.1 Å². The van der Waals surface area contributed by atoms with Crippen LogP contribution in [0.3, 0.4) is 0 Å². The van der Waals surface area contributed by atoms with Gasteiger partial charge in [-0.05, 0) is 50.7 Å². The van der Waals surface area contributed by atoms with Gasteiger partial charge in [-0.2, -0.15) is 0 Å². The largest absolute Gasteiger partial charge is 0.315 e. The molecule has 0 aliphatic heterocycles. The summed E-state index contributed by atoms with van der Waals surface area (Å²) in [4.78, 5) is 2.54. The molecule has 1 N–H and O–H groups in total. The summed E-state index contributed by atoms with van der Waals surface area (Å²) < 4.78 is 0. The molecule has 17 heavy (non-hydrogen) atoms. The van der Waals surface area contributed by atoms with Crippen LogP contribution in [-0.4, -0.2) is 37.6 Å². The van der Waals surface area contributed by atoms with Crippen molar-refractivity contribution in [1.29, 1.82) is 0 Å². The average molecular weight is 240 g/mol. The Morgan fingerprint density at radius 2 is 1.76 bits per heavy atom. The maximum absolute atomic E-state index is 3.65. The minimum absolute atomic E-state index is 0.951. The Kier molecular flexibility index (Phi) is 7.87. The Hall–Kier alpha value is -0.0800. The first-order valence-corrected chi connectivity index (χ1v) is 7.69. The quantitative estimate of drug-likeness (QED) is 0.656. The van der Waals surface area contributed by atoms with E-state index >= 15 is 0 Å². The fourth-order valence-corrected chi connectivity index (χ4v) is 2.82. The molecule has 0 atom stereocenters. The lowest BCUT2D eigenvalue weighted by atomic mass is 9.83. The van der Waals surface area contributed by atoms with Crippen molar-refractivity contribution in [3.63, 3.8) is 0 Å². The number of hydrogen-bond donors (Lipinski definition) is 1. The summed E-state index contributed by atoms with van der Waals surface area (Å²) in [6.07, 6.45) is 7.06. The maximum atomic E-state index is 3.65. The predicted molar refractivity (Wildman–Crippen MR) is 76.4 cm³/mol. The van der Waals surface area contributed by atoms with Crippen molar-refractivity contribution in [3.8, 4) is 0 Å². The second kappa shape index (κ2) is 8.93. The van der Waals surface area contributed by atoms with Crippen LogP contribution in [0.25, 0.3) is 0 Å². The third kappa shape index (κ3) is 6.42. The topological polar surface area (TPSA) is 15.3 Å². The van der Waals surface area contributed by atoms with Crippen molar-refractivity contribution in [3.05, 3.63) is 0 Å². The molecule has 2 heteroatoms. The van der Waals surface area contributed by atoms with E-state index in [4.69, 9.17) is 0 Å². The van der Waals surface area contributed by atoms with E-state index in [0.29, 0.717) is 0 Å². The number of rotatable bonds is 8. The van der Waals surface area contributed by atoms with Gasteiger partial charge in [0.25, 0.3) is 0 Å². The van der Waals surface area contributed by atoms with E-state index in [9.17, 15) is 0 Å². The molecule has 0 saturated heterocycles. The molecule has 0 aromatic rings. The molecule has 0 spiro atoms. The number of hydrogen-bond acceptors (Lipinski definition) is 2. The summed E-state index contributed by atoms with van der Waals surface area (Å²) in [7, 11) is 0. The first-order chi connectivity index (χ1) is 8.26. The van der Waals surface area contributed by atoms with Gasteiger partial charge >= 0.3 is 0 Å². The first kappa shape index (κ1) is 15.0. The monoisotopic (exact) mass is 240 g/mol. The van der Waals surface area contributed by atoms with E-state index in [0.717, 1.165) is 11.8 Å². The van der Waals surface area contributed by atoms with Crippen molar-refractivity contribution in [2.75, 3.05) is 32.7 Å². The molecule has 0 amide bonds. The Labute approximate surface area is 108 Å². The Morgan fingerprint density at radius 3 is 2.35 bits per heavy atom. The number of nitrogens with zero attached hydrogens (tertiary/aromatic N) is 1. The van der Waals surface area contributed by atoms with E-state index in [1.54, 1.807) is 0 Å². The number of nitrogens with one attached hydrogen (secondary N) is 1. The minimum atomic E-state index is 0.951. The van der Waals surface area contributed by atoms with Crippen molar-refractivity contribution >= 4 is 0 Å². The predicted octanol–water partition coefficient (Wildman–Crippen LogP) is 3.13. The minimum Gasteiger partial charge on any atom is -0.315 e. The van der Waals surface area contributed by atoms with Gasteiger partial charge in [-0.3, -0.25) is 0 Å². The molecule has 0 bridgehead atoms. The summed E-state index contributed by atoms with van der Waals surface area (Å²) in [5.74, 6) is 1.93. The molecule has 1 saturated carbocycles. The SMILES string of the molecule is CCCN(CC)CCNCC1CCC(C)CC1. The fourth-order valence-electron chi connectivity index (χ4n) is 2.82. The summed E-state index contributed by atoms with van der Waals surface area (Å²) >= 11 is 0. The molecule has 0 aromatic carbocycles. The van der Waals surface area contributed by atoms with Gasteiger partial charge < -0.3 is 10.2 Å². The highest BCUT2D eigenvalue weighted by Crippen LogP contribution is 2.27. The summed E-state index contributed by atoms with van der Waals surface area (Å²) in [6, 6.07) is 0. The van der Waals surface area contributed by atoms with Crippen LogP contribution in [-0.2, 0) is 0 Å². The lowest BCUT2D eigenvalue weighted by Gasteiger charge is -2.27. The molecule has 0 radical (unpaired) electrons. The molecule has 1 fully saturated rings. The number of likely N-dealkylation sites (N-methyl/N-ethyl adjacent to an activating group) is 1. The fraction of sp³-hybridized carbons (Fsp3) is 1.00. The van der Waals surface area contributed by atoms with Gasteiger partial charge in [0.2, 0.25) is 0 Å². The zero-order valence-electron chi connectivity index (χ0n) is 12.2. The van der Waals surface area contributed by atoms with Gasteiger partial charge in [0.05, 0.1) is 0 Å². The molecule has 1 aliphatic carbocycles. The van der Waals surface area contributed by atoms with E-state index in [1.807, 2.05) is 0 Å². The third-order valence-electron chi connectivity index (χ3n) is 4.16. The molecule has 0 aromatic heterocycles. The molecular formula is C15H32N2. The van der Waals surface area contributed by atoms with Crippen LogP contribution in [0.1, 0.15) is 52.9 Å². The van der Waals surface area contributed by atoms with Crippen LogP contribution in [0.4, 0.5) is 0 Å². The molecule has 2 nitrogen and oxygen atoms in total. The zero-order chi connectivity index (χ0) is 12.5. The average Bonchev–Trinajstić information content (AvgIpc) is 2.35. The molecule has 1 rings (SSSR count). The van der Waals surface area contributed by atoms with Gasteiger partial charge in [-0.1, -0.05) is 33.6 Å². The Bertz CT molecular complexity index is 174. The molecule has 1 aliphatic rings. The van der Waals surface area contributed by atoms with E-state index in [-0.39, 0.29) is 0 Å². The molecule has 102 valence electrons. The summed E-state index contributed by atoms with van der Waals surface area (Å²) in [5.41, 5.74) is 0. The standard InChI is InChI=1S/C15H32N2/c1-4-11-17(5-2)12-10-16-13-15-8-6-14(3)7-9-15/h14-16H,4-13H2,1-3H3. The van der Waals surface area contributed by atoms with Crippen LogP contribution < -0.4 is 5.32 Å². The lowest BCUT2D eigenvalue weighted by Crippen LogP contribution is -2.35. The Balaban J connectivity index is 1.99. The zero-order valence-corrected chi connectivity index (χ0v) is 12.2. The lowest BCUT2D eigenvalue weighted by molar-refractivity contribution is 0.263. The summed E-state index contributed by atoms with van der Waals surface area (Å²) in [5, 5.41) is 3.65. The Morgan fingerprint density at radius 1 is 1.06 bits per heavy atom. The smallest absolute Gasteiger partial charge is 0.0107 e. The van der Waals surface area contributed by atoms with E-state index in [1.165, 1.54) is 64.8 Å². The van der Waals surface area contributed by atoms with Crippen LogP contribution >= 0.6 is 0 Å². The third-order valence-corrected chi connectivity index (χ3v) is 4.16. The van der Waals surface area contributed by atoms with Crippen molar-refractivity contribution in [1.82, 2.24) is 10.2 Å². The van der Waals surface area contributed by atoms with Crippen LogP contribution in [0.15, 0.2) is 0 Å². The highest BCUT2D eigenvalue weighted by atomic mass is 15.1. The molecule has 0 unspecified atom stereocenters. The normalized spacial score (nSPS) is 25.4. The molecule has 0 heterocycles. The summed E-state index contributed by atoms with van der Waals surface area (Å²) in [6.45, 7) is 13.0. The first-order valence-electron chi connectivity index (χ1n) is 7.69. The van der Waals surface area contributed by atoms with Gasteiger partial charge in [-0.15, -0.1) is 0 Å². The second-order valence-corrected chi connectivity index (χ2v) is 5.76. The van der Waals surface area contributed by atoms with E-state index < -0.39 is 0 Å². The van der Waals surface area contributed by atoms with Crippen LogP contribution in [0, 0.1) is 11.8 Å². The van der Waals surface area contributed by atoms with Gasteiger partial charge in [0.15, 0.2) is 0 Å². The highest BCUT2D eigenvalue weighted by molar-refractivity contribution is 4.72. The van der Waals surface area contributed by atoms with Crippen molar-refractivity contribution in [2.45, 2.75) is 52.9 Å².